The number of hydrogen-bond donors (Lipinski definition) is 0. The minimum atomic E-state index is -1.70. The van der Waals surface area contributed by atoms with Crippen molar-refractivity contribution in [2.75, 3.05) is 24.6 Å². The van der Waals surface area contributed by atoms with E-state index in [1.807, 2.05) is 0 Å². The zero-order chi connectivity index (χ0) is 35.8. The van der Waals surface area contributed by atoms with E-state index in [1.54, 1.807) is 0 Å². The van der Waals surface area contributed by atoms with Gasteiger partial charge in [-0.2, -0.15) is 0 Å². The van der Waals surface area contributed by atoms with Crippen molar-refractivity contribution in [3.63, 3.8) is 0 Å². The Morgan fingerprint density at radius 3 is 1.00 bits per heavy atom. The van der Waals surface area contributed by atoms with Crippen LogP contribution in [0.4, 0.5) is 0 Å². The molecule has 0 radical (unpaired) electrons. The summed E-state index contributed by atoms with van der Waals surface area (Å²) < 4.78 is 0. The molecule has 0 aliphatic heterocycles. The first-order valence-electron chi connectivity index (χ1n) is 17.5. The number of rotatable bonds is 13. The number of halogens is 2. The van der Waals surface area contributed by atoms with Gasteiger partial charge in [0.15, 0.2) is 0 Å². The third-order valence-corrected chi connectivity index (χ3v) is 15.8. The summed E-state index contributed by atoms with van der Waals surface area (Å²) in [6, 6.07) is 65.2. The number of benzene rings is 6. The zero-order valence-electron chi connectivity index (χ0n) is 29.5. The number of hydrogen-bond acceptors (Lipinski definition) is 0. The lowest BCUT2D eigenvalue weighted by Crippen LogP contribution is -3.00. The summed E-state index contributed by atoms with van der Waals surface area (Å²) in [7, 11) is -2.14. The van der Waals surface area contributed by atoms with Gasteiger partial charge in [-0.15, -0.1) is 0 Å². The lowest BCUT2D eigenvalue weighted by molar-refractivity contribution is -0.00000989. The van der Waals surface area contributed by atoms with E-state index in [1.165, 1.54) is 31.8 Å². The van der Waals surface area contributed by atoms with Crippen molar-refractivity contribution in [3.05, 3.63) is 205 Å². The molecule has 264 valence electrons. The predicted octanol–water partition coefficient (Wildman–Crippen LogP) is 7.21. The molecule has 0 spiro atoms. The summed E-state index contributed by atoms with van der Waals surface area (Å²) in [4.78, 5) is 6.74. The number of nitrogens with zero attached hydrogens (tertiary/aromatic N) is 2. The fourth-order valence-corrected chi connectivity index (χ4v) is 13.0. The third kappa shape index (κ3) is 13.0. The number of unbranched alkanes of at least 4 members (excludes halogenated alkanes) is 2. The molecule has 6 heteroatoms. The van der Waals surface area contributed by atoms with E-state index < -0.39 is 15.2 Å². The molecule has 0 aliphatic rings. The Kier molecular flexibility index (Phi) is 20.6. The van der Waals surface area contributed by atoms with Crippen LogP contribution in [-0.4, -0.2) is 24.6 Å². The highest BCUT2D eigenvalue weighted by Crippen LogP contribution is 2.55. The van der Waals surface area contributed by atoms with Gasteiger partial charge in [-0.25, -0.2) is 13.1 Å². The van der Waals surface area contributed by atoms with Crippen LogP contribution in [0.1, 0.15) is 25.7 Å². The van der Waals surface area contributed by atoms with Crippen LogP contribution >= 0.6 is 31.1 Å². The Morgan fingerprint density at radius 2 is 0.712 bits per heavy atom. The van der Waals surface area contributed by atoms with Gasteiger partial charge in [0.05, 0.1) is 6.16 Å². The van der Waals surface area contributed by atoms with Crippen molar-refractivity contribution >= 4 is 62.9 Å². The fraction of sp³-hybridized carbons (Fsp3) is 0.174. The summed E-state index contributed by atoms with van der Waals surface area (Å²) in [5.41, 5.74) is 0. The number of alkyl halides is 1. The molecule has 6 rings (SSSR count). The molecule has 52 heavy (non-hydrogen) atoms. The summed E-state index contributed by atoms with van der Waals surface area (Å²) in [6.45, 7) is 14.8. The first kappa shape index (κ1) is 42.5. The lowest BCUT2D eigenvalue weighted by Gasteiger charge is -2.27. The largest absolute Gasteiger partial charge is 1.00 e. The molecule has 0 amide bonds. The molecule has 0 bridgehead atoms. The van der Waals surface area contributed by atoms with E-state index in [9.17, 15) is 0 Å². The van der Waals surface area contributed by atoms with Gasteiger partial charge in [0, 0.05) is 18.2 Å². The van der Waals surface area contributed by atoms with Crippen molar-refractivity contribution in [3.8, 4) is 0 Å². The zero-order valence-corrected chi connectivity index (χ0v) is 34.5. The second kappa shape index (κ2) is 25.2. The molecule has 0 heterocycles. The Labute approximate surface area is 333 Å². The highest BCUT2D eigenvalue weighted by Gasteiger charge is 2.44. The Morgan fingerprint density at radius 1 is 0.423 bits per heavy atom. The van der Waals surface area contributed by atoms with Crippen molar-refractivity contribution < 1.29 is 17.0 Å². The van der Waals surface area contributed by atoms with E-state index in [0.29, 0.717) is 13.1 Å². The van der Waals surface area contributed by atoms with Gasteiger partial charge in [-0.05, 0) is 73.1 Å². The van der Waals surface area contributed by atoms with Crippen molar-refractivity contribution in [2.45, 2.75) is 25.7 Å². The average molecular weight is 849 g/mol. The molecule has 0 aliphatic carbocycles. The molecule has 6 aromatic carbocycles. The maximum atomic E-state index is 7.06. The average Bonchev–Trinajstić information content (AvgIpc) is 3.21. The molecule has 0 fully saturated rings. The molecular formula is C46H46Br2N2P2. The monoisotopic (exact) mass is 846 g/mol. The maximum Gasteiger partial charge on any atom is 0.214 e. The van der Waals surface area contributed by atoms with E-state index in [4.69, 9.17) is 13.1 Å². The van der Waals surface area contributed by atoms with Gasteiger partial charge in [0.25, 0.3) is 0 Å². The van der Waals surface area contributed by atoms with Crippen LogP contribution in [0.25, 0.3) is 9.69 Å². The van der Waals surface area contributed by atoms with Gasteiger partial charge in [-0.3, -0.25) is 0 Å². The van der Waals surface area contributed by atoms with E-state index in [2.05, 4.69) is 208 Å². The smallest absolute Gasteiger partial charge is 0.214 e. The van der Waals surface area contributed by atoms with E-state index in [-0.39, 0.29) is 17.0 Å². The molecular weight excluding hydrogens is 802 g/mol. The minimum Gasteiger partial charge on any atom is -1.00 e. The third-order valence-electron chi connectivity index (χ3n) is 8.30. The molecule has 0 saturated heterocycles. The summed E-state index contributed by atoms with van der Waals surface area (Å²) in [5.74, 6) is 0. The van der Waals surface area contributed by atoms with Gasteiger partial charge in [-0.1, -0.05) is 162 Å². The summed E-state index contributed by atoms with van der Waals surface area (Å²) in [5, 5.41) is 9.50. The second-order valence-electron chi connectivity index (χ2n) is 11.7. The van der Waals surface area contributed by atoms with Gasteiger partial charge < -0.3 is 26.7 Å². The van der Waals surface area contributed by atoms with Crippen LogP contribution < -0.4 is 48.8 Å². The predicted molar refractivity (Wildman–Crippen MR) is 230 cm³/mol. The van der Waals surface area contributed by atoms with Crippen LogP contribution in [0.5, 0.6) is 0 Å². The van der Waals surface area contributed by atoms with Crippen molar-refractivity contribution in [1.29, 1.82) is 0 Å². The molecule has 0 unspecified atom stereocenters. The van der Waals surface area contributed by atoms with E-state index >= 15 is 0 Å². The standard InChI is InChI=1S/C23H23NP.C18H15P.C5H8BrN.BrH/c1-24-19-11-12-20-25(21-13-5-2-6-14-21,22-15-7-3-8-16-22)23-17-9-4-10-18-23;1-4-10-16(11-5-1)19(17-12-6-2-7-13-17)18-14-8-3-9-15-18;1-7-5-3-2-4-6;/h2-10,13-18H,11-12,19-20H2;1-15H;2-5H2;1H/q+1;;;/p-1. The Hall–Kier alpha value is -3.88. The van der Waals surface area contributed by atoms with Crippen molar-refractivity contribution in [1.82, 2.24) is 0 Å². The van der Waals surface area contributed by atoms with Crippen LogP contribution in [0, 0.1) is 13.1 Å². The normalized spacial score (nSPS) is 10.2. The topological polar surface area (TPSA) is 8.72 Å². The van der Waals surface area contributed by atoms with E-state index in [0.717, 1.165) is 37.2 Å². The molecule has 6 aromatic rings. The van der Waals surface area contributed by atoms with Crippen LogP contribution in [-0.2, 0) is 0 Å². The van der Waals surface area contributed by atoms with Crippen LogP contribution in [0.3, 0.4) is 0 Å². The summed E-state index contributed by atoms with van der Waals surface area (Å²) in [6.07, 6.45) is 5.32. The quantitative estimate of drug-likeness (QED) is 0.0504. The molecule has 0 N–H and O–H groups in total. The highest BCUT2D eigenvalue weighted by molar-refractivity contribution is 9.09. The molecule has 0 atom stereocenters. The van der Waals surface area contributed by atoms with Crippen molar-refractivity contribution in [2.24, 2.45) is 0 Å². The first-order valence-corrected chi connectivity index (χ1v) is 21.9. The lowest BCUT2D eigenvalue weighted by atomic mass is 10.3. The highest BCUT2D eigenvalue weighted by atomic mass is 79.9. The van der Waals surface area contributed by atoms with Crippen LogP contribution in [0.2, 0.25) is 0 Å². The molecule has 0 saturated carbocycles. The second-order valence-corrected chi connectivity index (χ2v) is 18.4. The van der Waals surface area contributed by atoms with Gasteiger partial charge in [0.2, 0.25) is 13.1 Å². The Balaban J connectivity index is 0.000000239. The molecule has 0 aromatic heterocycles. The molecule has 2 nitrogen and oxygen atoms in total. The van der Waals surface area contributed by atoms with Gasteiger partial charge >= 0.3 is 0 Å². The minimum absolute atomic E-state index is 0. The van der Waals surface area contributed by atoms with Crippen LogP contribution in [0.15, 0.2) is 182 Å². The first-order chi connectivity index (χ1) is 25.2. The fourth-order valence-electron chi connectivity index (χ4n) is 5.89. The Bertz CT molecular complexity index is 1670. The maximum absolute atomic E-state index is 7.06. The summed E-state index contributed by atoms with van der Waals surface area (Å²) >= 11 is 3.28. The SMILES string of the molecule is [Br-].[C-]#[N+]CCCCBr.[C-]#[N+]CCCC[P+](c1ccccc1)(c1ccccc1)c1ccccc1.c1ccc(P(c2ccccc2)c2ccccc2)cc1. The van der Waals surface area contributed by atoms with Gasteiger partial charge in [0.1, 0.15) is 23.2 Å².